The number of aliphatic hydroxyl groups excluding tert-OH is 8. The Hall–Kier alpha value is -2.04. The summed E-state index contributed by atoms with van der Waals surface area (Å²) in [5.41, 5.74) is 0. The predicted octanol–water partition coefficient (Wildman–Crippen LogP) is 6.09. The molecule has 14 nitrogen and oxygen atoms in total. The lowest BCUT2D eigenvalue weighted by Crippen LogP contribution is -2.46. The molecule has 0 heterocycles. The first-order valence-corrected chi connectivity index (χ1v) is 23.5. The molecular weight excluding hydrogens is 776 g/mol. The fourth-order valence-corrected chi connectivity index (χ4v) is 6.65. The van der Waals surface area contributed by atoms with Crippen LogP contribution in [-0.4, -0.2) is 127 Å². The Morgan fingerprint density at radius 2 is 0.583 bits per heavy atom. The molecule has 0 bridgehead atoms. The second kappa shape index (κ2) is 43.6. The molecule has 0 saturated heterocycles. The minimum Gasteiger partial charge on any atom is -0.463 e. The molecule has 60 heavy (non-hydrogen) atoms. The van der Waals surface area contributed by atoms with Crippen LogP contribution in [0.2, 0.25) is 0 Å². The summed E-state index contributed by atoms with van der Waals surface area (Å²) in [4.78, 5) is 44.1. The summed E-state index contributed by atoms with van der Waals surface area (Å²) in [7, 11) is 0. The Kier molecular flexibility index (Phi) is 43.6. The van der Waals surface area contributed by atoms with Gasteiger partial charge < -0.3 is 59.9 Å². The molecule has 0 aliphatic heterocycles. The van der Waals surface area contributed by atoms with Crippen molar-refractivity contribution in [1.29, 1.82) is 0 Å². The second-order valence-electron chi connectivity index (χ2n) is 16.4. The lowest BCUT2D eigenvalue weighted by Gasteiger charge is -2.23. The Morgan fingerprint density at radius 3 is 0.800 bits per heavy atom. The van der Waals surface area contributed by atoms with E-state index in [2.05, 4.69) is 13.8 Å². The zero-order valence-corrected chi connectivity index (χ0v) is 37.4. The number of ether oxygens (including phenoxy) is 2. The number of hydrogen-bond acceptors (Lipinski definition) is 14. The van der Waals surface area contributed by atoms with Gasteiger partial charge in [0.1, 0.15) is 62.0 Å². The summed E-state index contributed by atoms with van der Waals surface area (Å²) in [6, 6.07) is 0. The largest absolute Gasteiger partial charge is 0.463 e. The van der Waals surface area contributed by atoms with Crippen LogP contribution in [0, 0.1) is 0 Å². The van der Waals surface area contributed by atoms with E-state index in [1.54, 1.807) is 0 Å². The van der Waals surface area contributed by atoms with E-state index < -0.39 is 74.0 Å². The quantitative estimate of drug-likeness (QED) is 0.0197. The van der Waals surface area contributed by atoms with Gasteiger partial charge in [0.25, 0.3) is 0 Å². The van der Waals surface area contributed by atoms with Gasteiger partial charge in [-0.25, -0.2) is 0 Å². The molecule has 0 aliphatic carbocycles. The van der Waals surface area contributed by atoms with Crippen molar-refractivity contribution >= 4 is 24.5 Å². The Morgan fingerprint density at radius 1 is 0.367 bits per heavy atom. The van der Waals surface area contributed by atoms with Crippen LogP contribution in [0.15, 0.2) is 0 Å². The van der Waals surface area contributed by atoms with Gasteiger partial charge in [0.2, 0.25) is 0 Å². The van der Waals surface area contributed by atoms with E-state index in [1.165, 1.54) is 141 Å². The van der Waals surface area contributed by atoms with Crippen molar-refractivity contribution in [3.63, 3.8) is 0 Å². The van der Waals surface area contributed by atoms with E-state index in [-0.39, 0.29) is 25.4 Å². The highest BCUT2D eigenvalue weighted by Gasteiger charge is 2.32. The maximum Gasteiger partial charge on any atom is 0.305 e. The van der Waals surface area contributed by atoms with Gasteiger partial charge in [0.15, 0.2) is 12.6 Å². The Labute approximate surface area is 361 Å². The fraction of sp³-hybridized carbons (Fsp3) is 0.913. The van der Waals surface area contributed by atoms with Gasteiger partial charge in [-0.15, -0.1) is 0 Å². The first-order chi connectivity index (χ1) is 28.9. The van der Waals surface area contributed by atoms with E-state index in [0.29, 0.717) is 12.8 Å². The highest BCUT2D eigenvalue weighted by molar-refractivity contribution is 5.69. The third-order valence-corrected chi connectivity index (χ3v) is 10.8. The van der Waals surface area contributed by atoms with Gasteiger partial charge in [-0.1, -0.05) is 181 Å². The van der Waals surface area contributed by atoms with E-state index in [0.717, 1.165) is 25.7 Å². The SMILES string of the molecule is CCCCCCCCCCCCCCCC(=O)OC[C@@H](O)[C@H](O)[C@H](O)[C@@H](O)C=O.CCCCCCCCCCCCCCCCCC(=O)OC[C@@H](O)[C@H](O)[C@H](O)[C@@H](O)C=O. The molecule has 8 N–H and O–H groups in total. The number of esters is 2. The average Bonchev–Trinajstić information content (AvgIpc) is 3.25. The molecule has 0 saturated carbocycles. The van der Waals surface area contributed by atoms with Crippen molar-refractivity contribution < 1.29 is 69.5 Å². The van der Waals surface area contributed by atoms with Gasteiger partial charge in [-0.2, -0.15) is 0 Å². The van der Waals surface area contributed by atoms with Gasteiger partial charge in [-0.05, 0) is 12.8 Å². The maximum atomic E-state index is 11.7. The van der Waals surface area contributed by atoms with Crippen molar-refractivity contribution in [1.82, 2.24) is 0 Å². The van der Waals surface area contributed by atoms with Crippen molar-refractivity contribution in [2.75, 3.05) is 13.2 Å². The predicted molar refractivity (Wildman–Crippen MR) is 232 cm³/mol. The number of aliphatic hydroxyl groups is 8. The summed E-state index contributed by atoms with van der Waals surface area (Å²) < 4.78 is 9.74. The lowest BCUT2D eigenvalue weighted by molar-refractivity contribution is -0.156. The molecule has 14 heteroatoms. The molecule has 0 unspecified atom stereocenters. The Bertz CT molecular complexity index is 985. The highest BCUT2D eigenvalue weighted by atomic mass is 16.5. The van der Waals surface area contributed by atoms with Crippen molar-refractivity contribution in [3.8, 4) is 0 Å². The average molecular weight is 865 g/mol. The molecule has 356 valence electrons. The minimum atomic E-state index is -1.83. The Balaban J connectivity index is 0. The third kappa shape index (κ3) is 36.6. The highest BCUT2D eigenvalue weighted by Crippen LogP contribution is 2.16. The maximum absolute atomic E-state index is 11.7. The van der Waals surface area contributed by atoms with Crippen LogP contribution >= 0.6 is 0 Å². The lowest BCUT2D eigenvalue weighted by atomic mass is 10.0. The van der Waals surface area contributed by atoms with Crippen LogP contribution in [0.1, 0.15) is 206 Å². The zero-order chi connectivity index (χ0) is 45.2. The molecule has 0 aromatic rings. The van der Waals surface area contributed by atoms with Crippen LogP contribution in [0.5, 0.6) is 0 Å². The molecule has 0 aromatic heterocycles. The van der Waals surface area contributed by atoms with Crippen molar-refractivity contribution in [3.05, 3.63) is 0 Å². The summed E-state index contributed by atoms with van der Waals surface area (Å²) in [5.74, 6) is -0.962. The second-order valence-corrected chi connectivity index (χ2v) is 16.4. The molecule has 0 aliphatic rings. The number of carbonyl (C=O) groups excluding carboxylic acids is 4. The summed E-state index contributed by atoms with van der Waals surface area (Å²) >= 11 is 0. The molecule has 0 rings (SSSR count). The van der Waals surface area contributed by atoms with Crippen LogP contribution in [0.4, 0.5) is 0 Å². The van der Waals surface area contributed by atoms with E-state index in [9.17, 15) is 49.8 Å². The molecule has 8 atom stereocenters. The minimum absolute atomic E-state index is 0.0568. The van der Waals surface area contributed by atoms with Crippen LogP contribution < -0.4 is 0 Å². The monoisotopic (exact) mass is 865 g/mol. The van der Waals surface area contributed by atoms with Crippen LogP contribution in [0.25, 0.3) is 0 Å². The summed E-state index contributed by atoms with van der Waals surface area (Å²) in [6.45, 7) is 3.48. The number of aldehydes is 2. The first kappa shape index (κ1) is 60.0. The molecule has 0 amide bonds. The first-order valence-electron chi connectivity index (χ1n) is 23.5. The normalized spacial score (nSPS) is 15.4. The number of rotatable bonds is 42. The molecule has 0 aromatic carbocycles. The van der Waals surface area contributed by atoms with Crippen molar-refractivity contribution in [2.45, 2.75) is 255 Å². The van der Waals surface area contributed by atoms with E-state index in [1.807, 2.05) is 0 Å². The van der Waals surface area contributed by atoms with Gasteiger partial charge in [-0.3, -0.25) is 9.59 Å². The summed E-state index contributed by atoms with van der Waals surface area (Å²) in [5, 5.41) is 75.6. The molecule has 0 fully saturated rings. The molecular formula is C46H88O14. The van der Waals surface area contributed by atoms with Crippen LogP contribution in [-0.2, 0) is 28.7 Å². The molecule has 0 spiro atoms. The standard InChI is InChI=1S/C24H46O7.C22H42O7/c1-2-3-4-5-6-7-8-9-10-11-12-13-14-15-16-17-22(28)31-19-21(27)24(30)23(29)20(26)18-25;1-2-3-4-5-6-7-8-9-10-11-12-13-14-15-20(26)29-17-19(25)22(28)21(27)18(24)16-23/h18,20-21,23-24,26-27,29-30H,2-17,19H2,1H3;16,18-19,21-22,24-25,27-28H,2-15,17H2,1H3/t20-,21+,23+,24-;18-,19+,21+,22-/m00/s1. The van der Waals surface area contributed by atoms with Gasteiger partial charge >= 0.3 is 11.9 Å². The fourth-order valence-electron chi connectivity index (χ4n) is 6.65. The van der Waals surface area contributed by atoms with Gasteiger partial charge in [0, 0.05) is 12.8 Å². The van der Waals surface area contributed by atoms with Gasteiger partial charge in [0.05, 0.1) is 0 Å². The number of carbonyl (C=O) groups is 4. The summed E-state index contributed by atoms with van der Waals surface area (Å²) in [6.07, 6.45) is 21.1. The van der Waals surface area contributed by atoms with Crippen molar-refractivity contribution in [2.24, 2.45) is 0 Å². The van der Waals surface area contributed by atoms with E-state index in [4.69, 9.17) is 19.7 Å². The number of hydrogen-bond donors (Lipinski definition) is 8. The topological polar surface area (TPSA) is 249 Å². The third-order valence-electron chi connectivity index (χ3n) is 10.8. The number of unbranched alkanes of at least 4 members (excludes halogenated alkanes) is 26. The smallest absolute Gasteiger partial charge is 0.305 e. The van der Waals surface area contributed by atoms with Crippen LogP contribution in [0.3, 0.4) is 0 Å². The molecule has 0 radical (unpaired) electrons. The zero-order valence-electron chi connectivity index (χ0n) is 37.4. The van der Waals surface area contributed by atoms with E-state index >= 15 is 0 Å².